The van der Waals surface area contributed by atoms with Crippen molar-refractivity contribution in [1.29, 1.82) is 0 Å². The number of thiazole rings is 1. The SMILES string of the molecule is O=C(NCC(F)(F)Br)c1nccs1. The third-order valence-corrected chi connectivity index (χ3v) is 2.13. The maximum Gasteiger partial charge on any atom is 0.318 e. The normalized spacial score (nSPS) is 11.3. The van der Waals surface area contributed by atoms with Crippen LogP contribution in [0.1, 0.15) is 9.80 Å². The highest BCUT2D eigenvalue weighted by atomic mass is 79.9. The van der Waals surface area contributed by atoms with Crippen LogP contribution in [0.4, 0.5) is 8.78 Å². The van der Waals surface area contributed by atoms with E-state index in [4.69, 9.17) is 0 Å². The van der Waals surface area contributed by atoms with Crippen molar-refractivity contribution in [2.75, 3.05) is 6.54 Å². The number of alkyl halides is 3. The second kappa shape index (κ2) is 4.10. The van der Waals surface area contributed by atoms with Gasteiger partial charge in [0.25, 0.3) is 5.91 Å². The number of carbonyl (C=O) groups is 1. The third-order valence-electron chi connectivity index (χ3n) is 1.08. The molecule has 0 aromatic carbocycles. The summed E-state index contributed by atoms with van der Waals surface area (Å²) in [6.45, 7) is -0.745. The summed E-state index contributed by atoms with van der Waals surface area (Å²) in [5, 5.41) is 3.81. The van der Waals surface area contributed by atoms with Gasteiger partial charge in [-0.2, -0.15) is 8.78 Å². The molecule has 72 valence electrons. The van der Waals surface area contributed by atoms with Crippen LogP contribution in [0, 0.1) is 0 Å². The van der Waals surface area contributed by atoms with Gasteiger partial charge in [0.15, 0.2) is 5.01 Å². The molecular formula is C6H5BrF2N2OS. The van der Waals surface area contributed by atoms with Crippen LogP contribution in [-0.4, -0.2) is 22.3 Å². The molecule has 0 saturated carbocycles. The van der Waals surface area contributed by atoms with Crippen LogP contribution in [0.15, 0.2) is 11.6 Å². The minimum absolute atomic E-state index is 0.178. The Morgan fingerprint density at radius 2 is 2.46 bits per heavy atom. The minimum atomic E-state index is -3.07. The molecule has 7 heteroatoms. The number of hydrogen-bond acceptors (Lipinski definition) is 3. The molecule has 0 aliphatic heterocycles. The van der Waals surface area contributed by atoms with Gasteiger partial charge in [-0.15, -0.1) is 11.3 Å². The van der Waals surface area contributed by atoms with Gasteiger partial charge in [-0.25, -0.2) is 4.98 Å². The van der Waals surface area contributed by atoms with Crippen molar-refractivity contribution in [2.24, 2.45) is 0 Å². The van der Waals surface area contributed by atoms with E-state index in [1.54, 1.807) is 5.38 Å². The molecule has 0 aliphatic rings. The van der Waals surface area contributed by atoms with E-state index in [2.05, 4.69) is 20.9 Å². The Morgan fingerprint density at radius 3 is 2.92 bits per heavy atom. The van der Waals surface area contributed by atoms with Crippen molar-refractivity contribution in [3.05, 3.63) is 16.6 Å². The Labute approximate surface area is 85.3 Å². The highest BCUT2D eigenvalue weighted by Crippen LogP contribution is 2.19. The van der Waals surface area contributed by atoms with Gasteiger partial charge in [0.2, 0.25) is 0 Å². The second-order valence-electron chi connectivity index (χ2n) is 2.14. The van der Waals surface area contributed by atoms with Crippen LogP contribution in [0.3, 0.4) is 0 Å². The first-order valence-corrected chi connectivity index (χ1v) is 4.91. The smallest absolute Gasteiger partial charge is 0.318 e. The minimum Gasteiger partial charge on any atom is -0.343 e. The van der Waals surface area contributed by atoms with Crippen LogP contribution in [-0.2, 0) is 0 Å². The summed E-state index contributed by atoms with van der Waals surface area (Å²) in [6.07, 6.45) is 1.44. The van der Waals surface area contributed by atoms with Gasteiger partial charge < -0.3 is 5.32 Å². The summed E-state index contributed by atoms with van der Waals surface area (Å²) in [7, 11) is 0. The van der Waals surface area contributed by atoms with E-state index in [9.17, 15) is 13.6 Å². The Kier molecular flexibility index (Phi) is 3.32. The van der Waals surface area contributed by atoms with Gasteiger partial charge in [0.05, 0.1) is 6.54 Å². The zero-order valence-corrected chi connectivity index (χ0v) is 8.66. The average molecular weight is 271 g/mol. The van der Waals surface area contributed by atoms with E-state index < -0.39 is 17.3 Å². The number of nitrogens with one attached hydrogen (secondary N) is 1. The highest BCUT2D eigenvalue weighted by Gasteiger charge is 2.25. The average Bonchev–Trinajstić information content (AvgIpc) is 2.50. The lowest BCUT2D eigenvalue weighted by atomic mass is 10.6. The summed E-state index contributed by atoms with van der Waals surface area (Å²) in [6, 6.07) is 0. The molecule has 3 nitrogen and oxygen atoms in total. The molecule has 0 aliphatic carbocycles. The number of nitrogens with zero attached hydrogens (tertiary/aromatic N) is 1. The van der Waals surface area contributed by atoms with E-state index in [0.29, 0.717) is 0 Å². The fourth-order valence-corrected chi connectivity index (χ4v) is 1.28. The zero-order chi connectivity index (χ0) is 9.90. The summed E-state index contributed by atoms with van der Waals surface area (Å²) < 4.78 is 24.4. The number of aromatic nitrogens is 1. The topological polar surface area (TPSA) is 42.0 Å². The molecule has 1 heterocycles. The number of carbonyl (C=O) groups excluding carboxylic acids is 1. The lowest BCUT2D eigenvalue weighted by molar-refractivity contribution is 0.0835. The van der Waals surface area contributed by atoms with Crippen LogP contribution < -0.4 is 5.32 Å². The van der Waals surface area contributed by atoms with E-state index in [0.717, 1.165) is 11.3 Å². The van der Waals surface area contributed by atoms with Crippen LogP contribution >= 0.6 is 27.3 Å². The largest absolute Gasteiger partial charge is 0.343 e. The standard InChI is InChI=1S/C6H5BrF2N2OS/c7-6(8,9)3-11-4(12)5-10-1-2-13-5/h1-2H,3H2,(H,11,12). The molecule has 0 unspecified atom stereocenters. The van der Waals surface area contributed by atoms with Gasteiger partial charge >= 0.3 is 4.83 Å². The molecule has 1 rings (SSSR count). The maximum atomic E-state index is 12.2. The first-order chi connectivity index (χ1) is 5.99. The monoisotopic (exact) mass is 270 g/mol. The molecule has 0 fully saturated rings. The van der Waals surface area contributed by atoms with E-state index >= 15 is 0 Å². The van der Waals surface area contributed by atoms with Crippen LogP contribution in [0.5, 0.6) is 0 Å². The molecule has 0 spiro atoms. The molecule has 1 N–H and O–H groups in total. The van der Waals surface area contributed by atoms with Crippen LogP contribution in [0.25, 0.3) is 0 Å². The van der Waals surface area contributed by atoms with Gasteiger partial charge in [-0.05, 0) is 15.9 Å². The summed E-state index contributed by atoms with van der Waals surface area (Å²) in [5.74, 6) is -0.589. The molecule has 0 bridgehead atoms. The molecule has 1 amide bonds. The lowest BCUT2D eigenvalue weighted by Gasteiger charge is -2.07. The van der Waals surface area contributed by atoms with Crippen molar-refractivity contribution in [3.8, 4) is 0 Å². The molecule has 0 radical (unpaired) electrons. The van der Waals surface area contributed by atoms with Crippen LogP contribution in [0.2, 0.25) is 0 Å². The molecule has 1 aromatic heterocycles. The fraction of sp³-hybridized carbons (Fsp3) is 0.333. The first kappa shape index (κ1) is 10.5. The fourth-order valence-electron chi connectivity index (χ4n) is 0.592. The molecule has 13 heavy (non-hydrogen) atoms. The molecule has 0 saturated heterocycles. The zero-order valence-electron chi connectivity index (χ0n) is 6.26. The number of amides is 1. The van der Waals surface area contributed by atoms with Crippen molar-refractivity contribution < 1.29 is 13.6 Å². The number of rotatable bonds is 3. The van der Waals surface area contributed by atoms with E-state index in [-0.39, 0.29) is 5.01 Å². The van der Waals surface area contributed by atoms with Crippen molar-refractivity contribution >= 4 is 33.2 Å². The number of halogens is 3. The summed E-state index contributed by atoms with van der Waals surface area (Å²) in [4.78, 5) is 11.6. The third kappa shape index (κ3) is 3.77. The van der Waals surface area contributed by atoms with Gasteiger partial charge in [-0.1, -0.05) is 0 Å². The first-order valence-electron chi connectivity index (χ1n) is 3.23. The Hall–Kier alpha value is -0.560. The van der Waals surface area contributed by atoms with Gasteiger partial charge in [0.1, 0.15) is 0 Å². The molecule has 1 aromatic rings. The molecule has 0 atom stereocenters. The highest BCUT2D eigenvalue weighted by molar-refractivity contribution is 9.10. The van der Waals surface area contributed by atoms with Gasteiger partial charge in [0, 0.05) is 11.6 Å². The Bertz CT molecular complexity index is 285. The Balaban J connectivity index is 2.44. The van der Waals surface area contributed by atoms with E-state index in [1.165, 1.54) is 6.20 Å². The number of hydrogen-bond donors (Lipinski definition) is 1. The van der Waals surface area contributed by atoms with Gasteiger partial charge in [-0.3, -0.25) is 4.79 Å². The van der Waals surface area contributed by atoms with E-state index in [1.807, 2.05) is 5.32 Å². The summed E-state index contributed by atoms with van der Waals surface area (Å²) in [5.41, 5.74) is 0. The quantitative estimate of drug-likeness (QED) is 0.852. The second-order valence-corrected chi connectivity index (χ2v) is 4.19. The predicted octanol–water partition coefficient (Wildman–Crippen LogP) is 1.86. The maximum absolute atomic E-state index is 12.2. The predicted molar refractivity (Wildman–Crippen MR) is 48.3 cm³/mol. The van der Waals surface area contributed by atoms with Crippen molar-refractivity contribution in [1.82, 2.24) is 10.3 Å². The lowest BCUT2D eigenvalue weighted by Crippen LogP contribution is -2.32. The summed E-state index contributed by atoms with van der Waals surface area (Å²) >= 11 is 3.20. The van der Waals surface area contributed by atoms with Crippen molar-refractivity contribution in [3.63, 3.8) is 0 Å². The Morgan fingerprint density at radius 1 is 1.77 bits per heavy atom. The van der Waals surface area contributed by atoms with Crippen molar-refractivity contribution in [2.45, 2.75) is 4.83 Å². The molecular weight excluding hydrogens is 266 g/mol.